The van der Waals surface area contributed by atoms with Crippen LogP contribution in [0.25, 0.3) is 16.8 Å². The zero-order chi connectivity index (χ0) is 16.6. The normalized spacial score (nSPS) is 11.0. The lowest BCUT2D eigenvalue weighted by Gasteiger charge is -2.11. The molecule has 0 atom stereocenters. The van der Waals surface area contributed by atoms with Crippen molar-refractivity contribution in [3.8, 4) is 16.8 Å². The van der Waals surface area contributed by atoms with Crippen LogP contribution in [0.5, 0.6) is 0 Å². The van der Waals surface area contributed by atoms with Crippen molar-refractivity contribution >= 4 is 11.6 Å². The first kappa shape index (κ1) is 15.5. The highest BCUT2D eigenvalue weighted by Crippen LogP contribution is 2.29. The minimum absolute atomic E-state index is 0.171. The summed E-state index contributed by atoms with van der Waals surface area (Å²) in [6.07, 6.45) is 2.33. The van der Waals surface area contributed by atoms with E-state index in [-0.39, 0.29) is 5.69 Å². The second kappa shape index (κ2) is 6.01. The number of nitrogens with zero attached hydrogens (tertiary/aromatic N) is 4. The van der Waals surface area contributed by atoms with Crippen LogP contribution in [-0.4, -0.2) is 19.3 Å². The highest BCUT2D eigenvalue weighted by Gasteiger charge is 2.11. The van der Waals surface area contributed by atoms with E-state index in [0.717, 1.165) is 34.5 Å². The van der Waals surface area contributed by atoms with Crippen molar-refractivity contribution in [1.29, 1.82) is 0 Å². The number of halogens is 1. The zero-order valence-electron chi connectivity index (χ0n) is 13.2. The van der Waals surface area contributed by atoms with Crippen LogP contribution in [0.1, 0.15) is 18.2 Å². The van der Waals surface area contributed by atoms with Gasteiger partial charge in [-0.2, -0.15) is 5.10 Å². The molecule has 0 saturated carbocycles. The highest BCUT2D eigenvalue weighted by molar-refractivity contribution is 6.30. The van der Waals surface area contributed by atoms with Gasteiger partial charge in [-0.1, -0.05) is 30.7 Å². The summed E-state index contributed by atoms with van der Waals surface area (Å²) in [5, 5.41) is 4.52. The summed E-state index contributed by atoms with van der Waals surface area (Å²) in [5.74, 6) is 0. The Bertz CT molecular complexity index is 909. The van der Waals surface area contributed by atoms with Crippen LogP contribution in [0.4, 0.5) is 0 Å². The summed E-state index contributed by atoms with van der Waals surface area (Å²) >= 11 is 6.27. The third-order valence-corrected chi connectivity index (χ3v) is 4.15. The standard InChI is InChI=1S/C17H17ClN4O/c1-4-14-15(9-11(2)20-16(14)18)12-5-7-13(8-6-12)22-10-19-21(3)17(22)23/h5-10H,4H2,1-3H3. The Morgan fingerprint density at radius 3 is 2.48 bits per heavy atom. The molecule has 3 aromatic rings. The monoisotopic (exact) mass is 328 g/mol. The van der Waals surface area contributed by atoms with E-state index in [1.807, 2.05) is 37.3 Å². The van der Waals surface area contributed by atoms with Gasteiger partial charge in [0.2, 0.25) is 0 Å². The Kier molecular flexibility index (Phi) is 4.05. The molecule has 0 radical (unpaired) electrons. The van der Waals surface area contributed by atoms with Crippen LogP contribution in [0.2, 0.25) is 5.15 Å². The quantitative estimate of drug-likeness (QED) is 0.694. The number of aromatic nitrogens is 4. The van der Waals surface area contributed by atoms with Crippen LogP contribution >= 0.6 is 11.6 Å². The molecule has 0 aliphatic heterocycles. The number of hydrogen-bond donors (Lipinski definition) is 0. The average molecular weight is 329 g/mol. The SMILES string of the molecule is CCc1c(-c2ccc(-n3cnn(C)c3=O)cc2)cc(C)nc1Cl. The largest absolute Gasteiger partial charge is 0.350 e. The average Bonchev–Trinajstić information content (AvgIpc) is 2.86. The lowest BCUT2D eigenvalue weighted by molar-refractivity contribution is 0.726. The van der Waals surface area contributed by atoms with E-state index in [0.29, 0.717) is 5.15 Å². The van der Waals surface area contributed by atoms with Gasteiger partial charge in [0.15, 0.2) is 0 Å². The first-order chi connectivity index (χ1) is 11.0. The molecule has 0 aliphatic rings. The molecule has 5 nitrogen and oxygen atoms in total. The third kappa shape index (κ3) is 2.80. The van der Waals surface area contributed by atoms with Gasteiger partial charge in [0, 0.05) is 12.7 Å². The van der Waals surface area contributed by atoms with Gasteiger partial charge in [-0.3, -0.25) is 0 Å². The van der Waals surface area contributed by atoms with Crippen molar-refractivity contribution in [3.05, 3.63) is 63.6 Å². The van der Waals surface area contributed by atoms with Crippen molar-refractivity contribution in [2.24, 2.45) is 7.05 Å². The summed E-state index contributed by atoms with van der Waals surface area (Å²) in [6.45, 7) is 3.99. The fourth-order valence-electron chi connectivity index (χ4n) is 2.62. The molecular weight excluding hydrogens is 312 g/mol. The summed E-state index contributed by atoms with van der Waals surface area (Å²) in [7, 11) is 1.63. The maximum atomic E-state index is 12.0. The topological polar surface area (TPSA) is 52.7 Å². The minimum Gasteiger partial charge on any atom is -0.250 e. The molecule has 1 aromatic carbocycles. The molecule has 0 spiro atoms. The molecule has 0 amide bonds. The smallest absolute Gasteiger partial charge is 0.250 e. The molecule has 0 bridgehead atoms. The van der Waals surface area contributed by atoms with Crippen LogP contribution in [0.15, 0.2) is 41.5 Å². The van der Waals surface area contributed by atoms with Gasteiger partial charge >= 0.3 is 5.69 Å². The predicted molar refractivity (Wildman–Crippen MR) is 91.2 cm³/mol. The van der Waals surface area contributed by atoms with Crippen molar-refractivity contribution in [1.82, 2.24) is 19.3 Å². The lowest BCUT2D eigenvalue weighted by Crippen LogP contribution is -2.21. The maximum Gasteiger partial charge on any atom is 0.350 e. The molecule has 23 heavy (non-hydrogen) atoms. The zero-order valence-corrected chi connectivity index (χ0v) is 14.0. The van der Waals surface area contributed by atoms with Crippen LogP contribution in [-0.2, 0) is 13.5 Å². The van der Waals surface area contributed by atoms with Crippen LogP contribution < -0.4 is 5.69 Å². The van der Waals surface area contributed by atoms with Crippen LogP contribution in [0.3, 0.4) is 0 Å². The maximum absolute atomic E-state index is 12.0. The third-order valence-electron chi connectivity index (χ3n) is 3.84. The molecule has 0 fully saturated rings. The fourth-order valence-corrected chi connectivity index (χ4v) is 2.99. The number of aryl methyl sites for hydroxylation is 2. The molecule has 0 saturated heterocycles. The number of rotatable bonds is 3. The van der Waals surface area contributed by atoms with E-state index in [9.17, 15) is 4.79 Å². The van der Waals surface area contributed by atoms with E-state index in [1.165, 1.54) is 15.6 Å². The van der Waals surface area contributed by atoms with Gasteiger partial charge in [-0.25, -0.2) is 19.0 Å². The lowest BCUT2D eigenvalue weighted by atomic mass is 9.99. The molecule has 0 N–H and O–H groups in total. The summed E-state index contributed by atoms with van der Waals surface area (Å²) in [5.41, 5.74) is 4.65. The molecule has 2 aromatic heterocycles. The minimum atomic E-state index is -0.171. The van der Waals surface area contributed by atoms with E-state index >= 15 is 0 Å². The van der Waals surface area contributed by atoms with Gasteiger partial charge in [0.1, 0.15) is 11.5 Å². The van der Waals surface area contributed by atoms with Crippen molar-refractivity contribution in [3.63, 3.8) is 0 Å². The van der Waals surface area contributed by atoms with E-state index < -0.39 is 0 Å². The molecule has 118 valence electrons. The van der Waals surface area contributed by atoms with Gasteiger partial charge in [0.25, 0.3) is 0 Å². The van der Waals surface area contributed by atoms with E-state index in [1.54, 1.807) is 7.05 Å². The van der Waals surface area contributed by atoms with E-state index in [4.69, 9.17) is 11.6 Å². The Morgan fingerprint density at radius 1 is 1.22 bits per heavy atom. The van der Waals surface area contributed by atoms with Crippen LogP contribution in [0, 0.1) is 6.92 Å². The molecular formula is C17H17ClN4O. The summed E-state index contributed by atoms with van der Waals surface area (Å²) < 4.78 is 2.81. The predicted octanol–water partition coefficient (Wildman–Crippen LogP) is 3.16. The number of benzene rings is 1. The van der Waals surface area contributed by atoms with E-state index in [2.05, 4.69) is 17.0 Å². The van der Waals surface area contributed by atoms with Gasteiger partial charge in [-0.15, -0.1) is 0 Å². The molecule has 0 aliphatic carbocycles. The molecule has 3 rings (SSSR count). The Hall–Kier alpha value is -2.40. The summed E-state index contributed by atoms with van der Waals surface area (Å²) in [6, 6.07) is 9.82. The summed E-state index contributed by atoms with van der Waals surface area (Å²) in [4.78, 5) is 16.3. The van der Waals surface area contributed by atoms with Gasteiger partial charge < -0.3 is 0 Å². The van der Waals surface area contributed by atoms with Gasteiger partial charge in [-0.05, 0) is 48.2 Å². The number of pyridine rings is 1. The van der Waals surface area contributed by atoms with Crippen molar-refractivity contribution in [2.75, 3.05) is 0 Å². The Balaban J connectivity index is 2.07. The first-order valence-electron chi connectivity index (χ1n) is 7.38. The Labute approximate surface area is 139 Å². The highest BCUT2D eigenvalue weighted by atomic mass is 35.5. The molecule has 6 heteroatoms. The Morgan fingerprint density at radius 2 is 1.91 bits per heavy atom. The first-order valence-corrected chi connectivity index (χ1v) is 7.76. The molecule has 2 heterocycles. The van der Waals surface area contributed by atoms with Crippen molar-refractivity contribution in [2.45, 2.75) is 20.3 Å². The fraction of sp³-hybridized carbons (Fsp3) is 0.235. The van der Waals surface area contributed by atoms with Gasteiger partial charge in [0.05, 0.1) is 5.69 Å². The van der Waals surface area contributed by atoms with Crippen molar-refractivity contribution < 1.29 is 0 Å². The second-order valence-corrected chi connectivity index (χ2v) is 5.75. The second-order valence-electron chi connectivity index (χ2n) is 5.39. The number of hydrogen-bond acceptors (Lipinski definition) is 3. The molecule has 0 unspecified atom stereocenters.